The summed E-state index contributed by atoms with van der Waals surface area (Å²) < 4.78 is 4.99. The molecule has 17 heavy (non-hydrogen) atoms. The van der Waals surface area contributed by atoms with E-state index >= 15 is 0 Å². The number of hydrogen-bond donors (Lipinski definition) is 0. The predicted octanol–water partition coefficient (Wildman–Crippen LogP) is 2.72. The van der Waals surface area contributed by atoms with E-state index in [1.165, 1.54) is 11.3 Å². The number of ketones is 1. The van der Waals surface area contributed by atoms with E-state index in [0.29, 0.717) is 10.8 Å². The standard InChI is InChI=1S/C12H12N2O2S/c1-7-11(8(2)15)17-12(14-7)9-4-5-10(16-3)13-6-9/h4-6H,1-3H3. The molecular weight excluding hydrogens is 236 g/mol. The van der Waals surface area contributed by atoms with Gasteiger partial charge >= 0.3 is 0 Å². The van der Waals surface area contributed by atoms with E-state index in [4.69, 9.17) is 4.74 Å². The summed E-state index contributed by atoms with van der Waals surface area (Å²) in [7, 11) is 1.57. The minimum Gasteiger partial charge on any atom is -0.481 e. The van der Waals surface area contributed by atoms with Gasteiger partial charge in [-0.3, -0.25) is 4.79 Å². The van der Waals surface area contributed by atoms with Crippen LogP contribution in [-0.4, -0.2) is 22.9 Å². The molecule has 2 aromatic rings. The fraction of sp³-hybridized carbons (Fsp3) is 0.250. The molecule has 0 amide bonds. The van der Waals surface area contributed by atoms with Crippen LogP contribution in [0.1, 0.15) is 22.3 Å². The molecule has 0 fully saturated rings. The monoisotopic (exact) mass is 248 g/mol. The smallest absolute Gasteiger partial charge is 0.212 e. The third kappa shape index (κ3) is 2.34. The number of aromatic nitrogens is 2. The summed E-state index contributed by atoms with van der Waals surface area (Å²) in [6.07, 6.45) is 1.70. The summed E-state index contributed by atoms with van der Waals surface area (Å²) in [5, 5.41) is 0.808. The molecule has 0 saturated heterocycles. The Hall–Kier alpha value is -1.75. The lowest BCUT2D eigenvalue weighted by atomic mass is 10.3. The van der Waals surface area contributed by atoms with Crippen molar-refractivity contribution in [3.63, 3.8) is 0 Å². The topological polar surface area (TPSA) is 52.1 Å². The van der Waals surface area contributed by atoms with Crippen LogP contribution in [0.15, 0.2) is 18.3 Å². The summed E-state index contributed by atoms with van der Waals surface area (Å²) in [6, 6.07) is 3.66. The highest BCUT2D eigenvalue weighted by Gasteiger charge is 2.12. The molecule has 0 saturated carbocycles. The zero-order valence-corrected chi connectivity index (χ0v) is 10.7. The Morgan fingerprint density at radius 1 is 1.41 bits per heavy atom. The molecule has 0 bridgehead atoms. The van der Waals surface area contributed by atoms with Crippen LogP contribution in [0.3, 0.4) is 0 Å². The Morgan fingerprint density at radius 2 is 2.18 bits per heavy atom. The first-order chi connectivity index (χ1) is 8.11. The van der Waals surface area contributed by atoms with E-state index in [1.807, 2.05) is 13.0 Å². The molecule has 0 unspecified atom stereocenters. The van der Waals surface area contributed by atoms with Gasteiger partial charge in [0, 0.05) is 24.8 Å². The lowest BCUT2D eigenvalue weighted by molar-refractivity contribution is 0.102. The normalized spacial score (nSPS) is 10.3. The van der Waals surface area contributed by atoms with Gasteiger partial charge in [0.15, 0.2) is 5.78 Å². The number of ether oxygens (including phenoxy) is 1. The number of carbonyl (C=O) groups excluding carboxylic acids is 1. The van der Waals surface area contributed by atoms with Gasteiger partial charge in [-0.1, -0.05) is 0 Å². The number of Topliss-reactive ketones (excluding diaryl/α,β-unsaturated/α-hetero) is 1. The zero-order valence-electron chi connectivity index (χ0n) is 9.85. The molecule has 5 heteroatoms. The Kier molecular flexibility index (Phi) is 3.19. The average molecular weight is 248 g/mol. The van der Waals surface area contributed by atoms with Crippen molar-refractivity contribution in [1.82, 2.24) is 9.97 Å². The molecule has 2 rings (SSSR count). The number of nitrogens with zero attached hydrogens (tertiary/aromatic N) is 2. The highest BCUT2D eigenvalue weighted by Crippen LogP contribution is 2.28. The predicted molar refractivity (Wildman–Crippen MR) is 66.6 cm³/mol. The first-order valence-electron chi connectivity index (χ1n) is 5.10. The maximum absolute atomic E-state index is 11.3. The molecule has 2 heterocycles. The van der Waals surface area contributed by atoms with E-state index < -0.39 is 0 Å². The van der Waals surface area contributed by atoms with Crippen LogP contribution >= 0.6 is 11.3 Å². The van der Waals surface area contributed by atoms with Gasteiger partial charge in [0.2, 0.25) is 5.88 Å². The maximum Gasteiger partial charge on any atom is 0.212 e. The molecule has 4 nitrogen and oxygen atoms in total. The minimum atomic E-state index is 0.0488. The van der Waals surface area contributed by atoms with Crippen molar-refractivity contribution in [2.45, 2.75) is 13.8 Å². The van der Waals surface area contributed by atoms with Crippen LogP contribution in [-0.2, 0) is 0 Å². The molecule has 0 aliphatic carbocycles. The maximum atomic E-state index is 11.3. The molecule has 0 spiro atoms. The fourth-order valence-electron chi connectivity index (χ4n) is 1.47. The largest absolute Gasteiger partial charge is 0.481 e. The zero-order chi connectivity index (χ0) is 12.4. The van der Waals surface area contributed by atoms with Gasteiger partial charge in [0.05, 0.1) is 17.7 Å². The summed E-state index contributed by atoms with van der Waals surface area (Å²) >= 11 is 1.39. The van der Waals surface area contributed by atoms with Gasteiger partial charge in [0.1, 0.15) is 5.01 Å². The van der Waals surface area contributed by atoms with Crippen molar-refractivity contribution < 1.29 is 9.53 Å². The summed E-state index contributed by atoms with van der Waals surface area (Å²) in [5.74, 6) is 0.613. The van der Waals surface area contributed by atoms with Crippen molar-refractivity contribution in [3.05, 3.63) is 28.9 Å². The van der Waals surface area contributed by atoms with Crippen LogP contribution in [0, 0.1) is 6.92 Å². The van der Waals surface area contributed by atoms with Gasteiger partial charge in [0.25, 0.3) is 0 Å². The van der Waals surface area contributed by atoms with Gasteiger partial charge in [-0.05, 0) is 13.0 Å². The van der Waals surface area contributed by atoms with Crippen LogP contribution in [0.25, 0.3) is 10.6 Å². The van der Waals surface area contributed by atoms with Crippen molar-refractivity contribution in [3.8, 4) is 16.5 Å². The van der Waals surface area contributed by atoms with Crippen LogP contribution in [0.5, 0.6) is 5.88 Å². The Morgan fingerprint density at radius 3 is 2.65 bits per heavy atom. The SMILES string of the molecule is COc1ccc(-c2nc(C)c(C(C)=O)s2)cn1. The second-order valence-electron chi connectivity index (χ2n) is 3.58. The second kappa shape index (κ2) is 4.63. The van der Waals surface area contributed by atoms with Crippen molar-refractivity contribution in [2.24, 2.45) is 0 Å². The Bertz CT molecular complexity index is 546. The molecule has 0 N–H and O–H groups in total. The van der Waals surface area contributed by atoms with Gasteiger partial charge in [-0.25, -0.2) is 9.97 Å². The summed E-state index contributed by atoms with van der Waals surface area (Å²) in [5.41, 5.74) is 1.67. The van der Waals surface area contributed by atoms with E-state index in [0.717, 1.165) is 16.3 Å². The molecule has 2 aromatic heterocycles. The number of pyridine rings is 1. The number of thiazole rings is 1. The van der Waals surface area contributed by atoms with E-state index in [2.05, 4.69) is 9.97 Å². The third-order valence-corrected chi connectivity index (χ3v) is 3.62. The summed E-state index contributed by atoms with van der Waals surface area (Å²) in [4.78, 5) is 20.5. The molecule has 0 radical (unpaired) electrons. The van der Waals surface area contributed by atoms with Gasteiger partial charge < -0.3 is 4.74 Å². The van der Waals surface area contributed by atoms with E-state index in [1.54, 1.807) is 26.3 Å². The number of hydrogen-bond acceptors (Lipinski definition) is 5. The quantitative estimate of drug-likeness (QED) is 0.784. The average Bonchev–Trinajstić information content (AvgIpc) is 2.71. The lowest BCUT2D eigenvalue weighted by Gasteiger charge is -1.98. The molecule has 0 atom stereocenters. The molecule has 0 aliphatic heterocycles. The van der Waals surface area contributed by atoms with E-state index in [9.17, 15) is 4.79 Å². The highest BCUT2D eigenvalue weighted by atomic mass is 32.1. The first-order valence-corrected chi connectivity index (χ1v) is 5.92. The highest BCUT2D eigenvalue weighted by molar-refractivity contribution is 7.17. The number of rotatable bonds is 3. The minimum absolute atomic E-state index is 0.0488. The van der Waals surface area contributed by atoms with Crippen molar-refractivity contribution in [2.75, 3.05) is 7.11 Å². The van der Waals surface area contributed by atoms with Crippen molar-refractivity contribution in [1.29, 1.82) is 0 Å². The lowest BCUT2D eigenvalue weighted by Crippen LogP contribution is -1.89. The summed E-state index contributed by atoms with van der Waals surface area (Å²) in [6.45, 7) is 3.39. The van der Waals surface area contributed by atoms with Crippen LogP contribution in [0.4, 0.5) is 0 Å². The third-order valence-electron chi connectivity index (χ3n) is 2.31. The van der Waals surface area contributed by atoms with Gasteiger partial charge in [-0.15, -0.1) is 11.3 Å². The number of carbonyl (C=O) groups is 1. The van der Waals surface area contributed by atoms with Crippen LogP contribution in [0.2, 0.25) is 0 Å². The number of methoxy groups -OCH3 is 1. The van der Waals surface area contributed by atoms with E-state index in [-0.39, 0.29) is 5.78 Å². The molecule has 0 aliphatic rings. The second-order valence-corrected chi connectivity index (χ2v) is 4.58. The number of aryl methyl sites for hydroxylation is 1. The molecule has 88 valence electrons. The first kappa shape index (κ1) is 11.7. The van der Waals surface area contributed by atoms with Crippen LogP contribution < -0.4 is 4.74 Å². The fourth-order valence-corrected chi connectivity index (χ4v) is 2.43. The Labute approximate surface area is 103 Å². The van der Waals surface area contributed by atoms with Crippen molar-refractivity contribution >= 4 is 17.1 Å². The molecular formula is C12H12N2O2S. The Balaban J connectivity index is 2.39. The van der Waals surface area contributed by atoms with Gasteiger partial charge in [-0.2, -0.15) is 0 Å². The molecule has 0 aromatic carbocycles.